The zero-order valence-electron chi connectivity index (χ0n) is 10.0. The van der Waals surface area contributed by atoms with E-state index < -0.39 is 11.4 Å². The molecule has 0 bridgehead atoms. The van der Waals surface area contributed by atoms with E-state index in [-0.39, 0.29) is 12.5 Å². The Balaban J connectivity index is 2.14. The maximum atomic E-state index is 12.2. The summed E-state index contributed by atoms with van der Waals surface area (Å²) in [7, 11) is 0. The van der Waals surface area contributed by atoms with Gasteiger partial charge in [-0.25, -0.2) is 4.98 Å². The average Bonchev–Trinajstić information content (AvgIpc) is 2.75. The molecule has 7 heteroatoms. The number of carboxylic acid groups (broad SMARTS) is 1. The molecular formula is C11H15N3O3S. The van der Waals surface area contributed by atoms with E-state index in [0.29, 0.717) is 29.4 Å². The summed E-state index contributed by atoms with van der Waals surface area (Å²) in [4.78, 5) is 29.3. The number of hydrogen-bond donors (Lipinski definition) is 2. The summed E-state index contributed by atoms with van der Waals surface area (Å²) in [6, 6.07) is 0. The van der Waals surface area contributed by atoms with Gasteiger partial charge in [0, 0.05) is 13.1 Å². The molecule has 0 aromatic carbocycles. The summed E-state index contributed by atoms with van der Waals surface area (Å²) >= 11 is 1.13. The van der Waals surface area contributed by atoms with E-state index in [1.807, 2.05) is 0 Å². The molecule has 1 aromatic rings. The molecule has 1 saturated heterocycles. The lowest BCUT2D eigenvalue weighted by Gasteiger charge is -2.37. The highest BCUT2D eigenvalue weighted by atomic mass is 32.1. The van der Waals surface area contributed by atoms with Gasteiger partial charge in [-0.3, -0.25) is 9.59 Å². The Hall–Kier alpha value is -1.63. The number of nitrogens with zero attached hydrogens (tertiary/aromatic N) is 2. The fourth-order valence-corrected chi connectivity index (χ4v) is 2.78. The van der Waals surface area contributed by atoms with Gasteiger partial charge in [0.1, 0.15) is 4.88 Å². The summed E-state index contributed by atoms with van der Waals surface area (Å²) in [6.07, 6.45) is 2.73. The van der Waals surface area contributed by atoms with Crippen LogP contribution in [0.3, 0.4) is 0 Å². The Morgan fingerprint density at radius 2 is 2.33 bits per heavy atom. The molecule has 6 nitrogen and oxygen atoms in total. The normalized spacial score (nSPS) is 23.9. The Bertz CT molecular complexity index is 488. The molecule has 0 unspecified atom stereocenters. The van der Waals surface area contributed by atoms with Crippen molar-refractivity contribution >= 4 is 28.3 Å². The lowest BCUT2D eigenvalue weighted by Crippen LogP contribution is -2.48. The zero-order valence-corrected chi connectivity index (χ0v) is 10.9. The second-order valence-electron chi connectivity index (χ2n) is 4.76. The van der Waals surface area contributed by atoms with Crippen molar-refractivity contribution in [3.05, 3.63) is 11.1 Å². The lowest BCUT2D eigenvalue weighted by molar-refractivity contribution is -0.150. The molecule has 98 valence electrons. The van der Waals surface area contributed by atoms with Crippen LogP contribution in [0, 0.1) is 5.41 Å². The molecule has 1 aromatic heterocycles. The molecule has 2 rings (SSSR count). The number of aliphatic carboxylic acids is 1. The highest BCUT2D eigenvalue weighted by Crippen LogP contribution is 2.31. The summed E-state index contributed by atoms with van der Waals surface area (Å²) in [5, 5.41) is 9.55. The fourth-order valence-electron chi connectivity index (χ4n) is 2.13. The lowest BCUT2D eigenvalue weighted by atomic mass is 9.82. The number of aromatic nitrogens is 1. The number of piperidine rings is 1. The first-order chi connectivity index (χ1) is 8.42. The van der Waals surface area contributed by atoms with Crippen LogP contribution in [0.1, 0.15) is 29.4 Å². The van der Waals surface area contributed by atoms with Gasteiger partial charge in [-0.05, 0) is 19.8 Å². The number of amides is 1. The predicted octanol–water partition coefficient (Wildman–Crippen LogP) is 1.05. The molecule has 2 heterocycles. The number of nitrogens with two attached hydrogens (primary N) is 1. The standard InChI is InChI=1S/C11H15N3O3S/c1-11(9(16)17)3-2-4-14(6-11)8(15)7-5-13-10(12)18-7/h5H,2-4,6H2,1H3,(H2,12,13)(H,16,17)/t11-/m0/s1. The summed E-state index contributed by atoms with van der Waals surface area (Å²) in [5.74, 6) is -1.04. The number of rotatable bonds is 2. The quantitative estimate of drug-likeness (QED) is 0.836. The van der Waals surface area contributed by atoms with Crippen molar-refractivity contribution in [3.8, 4) is 0 Å². The van der Waals surface area contributed by atoms with Crippen LogP contribution >= 0.6 is 11.3 Å². The molecule has 0 radical (unpaired) electrons. The Morgan fingerprint density at radius 1 is 1.61 bits per heavy atom. The predicted molar refractivity (Wildman–Crippen MR) is 67.4 cm³/mol. The minimum atomic E-state index is -0.858. The Morgan fingerprint density at radius 3 is 2.89 bits per heavy atom. The number of thiazole rings is 1. The maximum Gasteiger partial charge on any atom is 0.311 e. The fraction of sp³-hybridized carbons (Fsp3) is 0.545. The third-order valence-corrected chi connectivity index (χ3v) is 4.05. The number of likely N-dealkylation sites (tertiary alicyclic amines) is 1. The van der Waals surface area contributed by atoms with Crippen molar-refractivity contribution in [2.24, 2.45) is 5.41 Å². The van der Waals surface area contributed by atoms with Gasteiger partial charge in [-0.1, -0.05) is 11.3 Å². The number of hydrogen-bond acceptors (Lipinski definition) is 5. The minimum Gasteiger partial charge on any atom is -0.481 e. The molecule has 1 amide bonds. The molecule has 0 spiro atoms. The summed E-state index contributed by atoms with van der Waals surface area (Å²) in [5.41, 5.74) is 4.63. The first-order valence-corrected chi connectivity index (χ1v) is 6.48. The molecule has 1 fully saturated rings. The maximum absolute atomic E-state index is 12.2. The topological polar surface area (TPSA) is 96.5 Å². The third-order valence-electron chi connectivity index (χ3n) is 3.23. The van der Waals surface area contributed by atoms with Crippen LogP contribution < -0.4 is 5.73 Å². The van der Waals surface area contributed by atoms with Crippen LogP contribution in [0.5, 0.6) is 0 Å². The van der Waals surface area contributed by atoms with E-state index in [1.54, 1.807) is 11.8 Å². The zero-order chi connectivity index (χ0) is 13.3. The minimum absolute atomic E-state index is 0.184. The molecule has 0 aliphatic carbocycles. The van der Waals surface area contributed by atoms with Gasteiger partial charge in [0.2, 0.25) is 0 Å². The second-order valence-corrected chi connectivity index (χ2v) is 5.82. The van der Waals surface area contributed by atoms with Gasteiger partial charge in [0.25, 0.3) is 5.91 Å². The van der Waals surface area contributed by atoms with Gasteiger partial charge >= 0.3 is 5.97 Å². The number of carboxylic acids is 1. The van der Waals surface area contributed by atoms with Crippen molar-refractivity contribution in [2.75, 3.05) is 18.8 Å². The van der Waals surface area contributed by atoms with Gasteiger partial charge < -0.3 is 15.7 Å². The van der Waals surface area contributed by atoms with Crippen LogP contribution in [0.4, 0.5) is 5.13 Å². The van der Waals surface area contributed by atoms with Crippen LogP contribution in [-0.2, 0) is 4.79 Å². The van der Waals surface area contributed by atoms with Crippen molar-refractivity contribution in [1.29, 1.82) is 0 Å². The molecule has 1 aliphatic heterocycles. The van der Waals surface area contributed by atoms with E-state index in [9.17, 15) is 14.7 Å². The average molecular weight is 269 g/mol. The SMILES string of the molecule is C[C@]1(C(=O)O)CCCN(C(=O)c2cnc(N)s2)C1. The third kappa shape index (κ3) is 2.31. The second kappa shape index (κ2) is 4.56. The van der Waals surface area contributed by atoms with Gasteiger partial charge in [-0.2, -0.15) is 0 Å². The van der Waals surface area contributed by atoms with Gasteiger partial charge in [0.15, 0.2) is 5.13 Å². The van der Waals surface area contributed by atoms with Crippen LogP contribution in [0.2, 0.25) is 0 Å². The molecule has 1 atom stereocenters. The van der Waals surface area contributed by atoms with Crippen LogP contribution in [0.25, 0.3) is 0 Å². The molecule has 0 saturated carbocycles. The smallest absolute Gasteiger partial charge is 0.311 e. The Kier molecular flexibility index (Phi) is 3.25. The first kappa shape index (κ1) is 12.8. The van der Waals surface area contributed by atoms with Crippen molar-refractivity contribution in [3.63, 3.8) is 0 Å². The van der Waals surface area contributed by atoms with Gasteiger partial charge in [-0.15, -0.1) is 0 Å². The van der Waals surface area contributed by atoms with E-state index >= 15 is 0 Å². The van der Waals surface area contributed by atoms with E-state index in [0.717, 1.165) is 11.3 Å². The summed E-state index contributed by atoms with van der Waals surface area (Å²) in [6.45, 7) is 2.49. The number of nitrogen functional groups attached to an aromatic ring is 1. The molecular weight excluding hydrogens is 254 g/mol. The van der Waals surface area contributed by atoms with E-state index in [1.165, 1.54) is 6.20 Å². The van der Waals surface area contributed by atoms with E-state index in [4.69, 9.17) is 5.73 Å². The summed E-state index contributed by atoms with van der Waals surface area (Å²) < 4.78 is 0. The van der Waals surface area contributed by atoms with Crippen molar-refractivity contribution in [1.82, 2.24) is 9.88 Å². The number of anilines is 1. The monoisotopic (exact) mass is 269 g/mol. The van der Waals surface area contributed by atoms with Gasteiger partial charge in [0.05, 0.1) is 11.6 Å². The first-order valence-electron chi connectivity index (χ1n) is 5.66. The van der Waals surface area contributed by atoms with Crippen molar-refractivity contribution < 1.29 is 14.7 Å². The van der Waals surface area contributed by atoms with Crippen LogP contribution in [-0.4, -0.2) is 40.0 Å². The van der Waals surface area contributed by atoms with Crippen molar-refractivity contribution in [2.45, 2.75) is 19.8 Å². The number of carbonyl (C=O) groups excluding carboxylic acids is 1. The molecule has 1 aliphatic rings. The number of carbonyl (C=O) groups is 2. The molecule has 3 N–H and O–H groups in total. The molecule has 18 heavy (non-hydrogen) atoms. The highest BCUT2D eigenvalue weighted by Gasteiger charge is 2.39. The van der Waals surface area contributed by atoms with E-state index in [2.05, 4.69) is 4.98 Å². The van der Waals surface area contributed by atoms with Crippen LogP contribution in [0.15, 0.2) is 6.20 Å². The largest absolute Gasteiger partial charge is 0.481 e. The Labute approximate surface area is 108 Å². The highest BCUT2D eigenvalue weighted by molar-refractivity contribution is 7.17.